The second-order valence-corrected chi connectivity index (χ2v) is 6.71. The van der Waals surface area contributed by atoms with E-state index in [0.717, 1.165) is 5.56 Å². The topological polar surface area (TPSA) is 72.5 Å². The van der Waals surface area contributed by atoms with Crippen molar-refractivity contribution in [2.45, 2.75) is 30.7 Å². The Balaban J connectivity index is 2.48. The third kappa shape index (κ3) is 5.30. The Labute approximate surface area is 120 Å². The molecule has 0 saturated carbocycles. The minimum absolute atomic E-state index is 0.0984. The van der Waals surface area contributed by atoms with Crippen LogP contribution in [0.15, 0.2) is 29.2 Å². The maximum absolute atomic E-state index is 11.4. The quantitative estimate of drug-likeness (QED) is 0.613. The highest BCUT2D eigenvalue weighted by molar-refractivity contribution is 7.90. The van der Waals surface area contributed by atoms with Crippen LogP contribution < -0.4 is 5.32 Å². The predicted molar refractivity (Wildman–Crippen MR) is 77.2 cm³/mol. The molecule has 1 rings (SSSR count). The molecule has 5 nitrogen and oxygen atoms in total. The summed E-state index contributed by atoms with van der Waals surface area (Å²) in [6.07, 6.45) is 2.29. The van der Waals surface area contributed by atoms with E-state index >= 15 is 0 Å². The largest absolute Gasteiger partial charge is 0.469 e. The van der Waals surface area contributed by atoms with E-state index < -0.39 is 9.84 Å². The van der Waals surface area contributed by atoms with Crippen LogP contribution in [-0.2, 0) is 19.4 Å². The van der Waals surface area contributed by atoms with Crippen LogP contribution in [0.1, 0.15) is 31.4 Å². The van der Waals surface area contributed by atoms with E-state index in [1.165, 1.54) is 13.4 Å². The van der Waals surface area contributed by atoms with Crippen LogP contribution in [0.5, 0.6) is 0 Å². The van der Waals surface area contributed by atoms with Gasteiger partial charge in [-0.25, -0.2) is 8.42 Å². The Kier molecular flexibility index (Phi) is 6.16. The molecule has 0 heterocycles. The van der Waals surface area contributed by atoms with Crippen molar-refractivity contribution in [3.63, 3.8) is 0 Å². The number of benzene rings is 1. The molecule has 0 aliphatic carbocycles. The van der Waals surface area contributed by atoms with E-state index in [1.807, 2.05) is 6.92 Å². The normalized spacial score (nSPS) is 12.9. The monoisotopic (exact) mass is 299 g/mol. The lowest BCUT2D eigenvalue weighted by Crippen LogP contribution is -2.20. The fourth-order valence-electron chi connectivity index (χ4n) is 1.77. The lowest BCUT2D eigenvalue weighted by atomic mass is 10.1. The second-order valence-electron chi connectivity index (χ2n) is 4.70. The summed E-state index contributed by atoms with van der Waals surface area (Å²) in [5, 5.41) is 3.28. The number of rotatable bonds is 7. The van der Waals surface area contributed by atoms with Crippen molar-refractivity contribution < 1.29 is 17.9 Å². The van der Waals surface area contributed by atoms with E-state index in [0.29, 0.717) is 24.3 Å². The first kappa shape index (κ1) is 16.7. The average Bonchev–Trinajstić information content (AvgIpc) is 2.42. The lowest BCUT2D eigenvalue weighted by Gasteiger charge is -2.14. The summed E-state index contributed by atoms with van der Waals surface area (Å²) in [6.45, 7) is 2.69. The third-order valence-corrected chi connectivity index (χ3v) is 4.17. The van der Waals surface area contributed by atoms with Gasteiger partial charge in [-0.05, 0) is 37.6 Å². The number of hydrogen-bond acceptors (Lipinski definition) is 5. The number of nitrogens with one attached hydrogen (secondary N) is 1. The molecule has 0 aromatic heterocycles. The van der Waals surface area contributed by atoms with Crippen LogP contribution in [0.3, 0.4) is 0 Å². The minimum atomic E-state index is -3.15. The molecule has 1 N–H and O–H groups in total. The van der Waals surface area contributed by atoms with Gasteiger partial charge >= 0.3 is 5.97 Å². The van der Waals surface area contributed by atoms with Crippen molar-refractivity contribution in [2.75, 3.05) is 19.9 Å². The zero-order valence-electron chi connectivity index (χ0n) is 12.0. The van der Waals surface area contributed by atoms with Crippen molar-refractivity contribution in [1.29, 1.82) is 0 Å². The Bertz CT molecular complexity index is 537. The van der Waals surface area contributed by atoms with Crippen molar-refractivity contribution in [3.8, 4) is 0 Å². The average molecular weight is 299 g/mol. The van der Waals surface area contributed by atoms with E-state index in [9.17, 15) is 13.2 Å². The first-order valence-corrected chi connectivity index (χ1v) is 8.34. The van der Waals surface area contributed by atoms with E-state index in [-0.39, 0.29) is 12.0 Å². The molecule has 0 aliphatic heterocycles. The zero-order valence-corrected chi connectivity index (χ0v) is 12.9. The van der Waals surface area contributed by atoms with E-state index in [4.69, 9.17) is 0 Å². The molecule has 0 aliphatic rings. The SMILES string of the molecule is COC(=O)CCCNC(C)c1ccc(S(C)(=O)=O)cc1. The number of ether oxygens (including phenoxy) is 1. The van der Waals surface area contributed by atoms with Crippen molar-refractivity contribution >= 4 is 15.8 Å². The predicted octanol–water partition coefficient (Wildman–Crippen LogP) is 1.69. The van der Waals surface area contributed by atoms with Gasteiger partial charge in [-0.3, -0.25) is 4.79 Å². The number of sulfone groups is 1. The molecule has 0 bridgehead atoms. The van der Waals surface area contributed by atoms with Gasteiger partial charge < -0.3 is 10.1 Å². The Morgan fingerprint density at radius 2 is 1.90 bits per heavy atom. The summed E-state index contributed by atoms with van der Waals surface area (Å²) in [6, 6.07) is 6.92. The van der Waals surface area contributed by atoms with Crippen LogP contribution in [0.2, 0.25) is 0 Å². The Hall–Kier alpha value is -1.40. The molecule has 1 aromatic carbocycles. The summed E-state index contributed by atoms with van der Waals surface area (Å²) in [5.41, 5.74) is 1.01. The van der Waals surface area contributed by atoms with Crippen LogP contribution >= 0.6 is 0 Å². The molecule has 1 aromatic rings. The molecule has 1 atom stereocenters. The van der Waals surface area contributed by atoms with Gasteiger partial charge in [0.2, 0.25) is 0 Å². The highest BCUT2D eigenvalue weighted by Crippen LogP contribution is 2.16. The standard InChI is InChI=1S/C14H21NO4S/c1-11(15-10-4-5-14(16)19-2)12-6-8-13(9-7-12)20(3,17)18/h6-9,11,15H,4-5,10H2,1-3H3. The second kappa shape index (κ2) is 7.40. The molecule has 0 spiro atoms. The van der Waals surface area contributed by atoms with Gasteiger partial charge in [-0.1, -0.05) is 12.1 Å². The molecule has 6 heteroatoms. The minimum Gasteiger partial charge on any atom is -0.469 e. The highest BCUT2D eigenvalue weighted by Gasteiger charge is 2.09. The summed E-state index contributed by atoms with van der Waals surface area (Å²) in [4.78, 5) is 11.3. The van der Waals surface area contributed by atoms with Gasteiger partial charge in [0.1, 0.15) is 0 Å². The zero-order chi connectivity index (χ0) is 15.2. The van der Waals surface area contributed by atoms with Crippen LogP contribution in [0.25, 0.3) is 0 Å². The molecular weight excluding hydrogens is 278 g/mol. The van der Waals surface area contributed by atoms with Gasteiger partial charge in [0.15, 0.2) is 9.84 Å². The third-order valence-electron chi connectivity index (χ3n) is 3.04. The van der Waals surface area contributed by atoms with E-state index in [1.54, 1.807) is 24.3 Å². The van der Waals surface area contributed by atoms with Crippen molar-refractivity contribution in [2.24, 2.45) is 0 Å². The Morgan fingerprint density at radius 3 is 2.40 bits per heavy atom. The lowest BCUT2D eigenvalue weighted by molar-refractivity contribution is -0.140. The molecule has 1 unspecified atom stereocenters. The molecule has 20 heavy (non-hydrogen) atoms. The van der Waals surface area contributed by atoms with Gasteiger partial charge in [0, 0.05) is 18.7 Å². The molecule has 0 radical (unpaired) electrons. The number of carbonyl (C=O) groups excluding carboxylic acids is 1. The maximum atomic E-state index is 11.4. The summed E-state index contributed by atoms with van der Waals surface area (Å²) in [5.74, 6) is -0.211. The fourth-order valence-corrected chi connectivity index (χ4v) is 2.41. The van der Waals surface area contributed by atoms with Crippen molar-refractivity contribution in [1.82, 2.24) is 5.32 Å². The highest BCUT2D eigenvalue weighted by atomic mass is 32.2. The number of methoxy groups -OCH3 is 1. The van der Waals surface area contributed by atoms with Crippen molar-refractivity contribution in [3.05, 3.63) is 29.8 Å². The molecule has 112 valence electrons. The van der Waals surface area contributed by atoms with Gasteiger partial charge in [-0.2, -0.15) is 0 Å². The van der Waals surface area contributed by atoms with Crippen LogP contribution in [-0.4, -0.2) is 34.3 Å². The first-order chi connectivity index (χ1) is 9.34. The van der Waals surface area contributed by atoms with Crippen LogP contribution in [0.4, 0.5) is 0 Å². The summed E-state index contributed by atoms with van der Waals surface area (Å²) >= 11 is 0. The first-order valence-electron chi connectivity index (χ1n) is 6.45. The van der Waals surface area contributed by atoms with Gasteiger partial charge in [0.25, 0.3) is 0 Å². The number of carbonyl (C=O) groups is 1. The maximum Gasteiger partial charge on any atom is 0.305 e. The molecular formula is C14H21NO4S. The smallest absolute Gasteiger partial charge is 0.305 e. The van der Waals surface area contributed by atoms with E-state index in [2.05, 4.69) is 10.1 Å². The Morgan fingerprint density at radius 1 is 1.30 bits per heavy atom. The summed E-state index contributed by atoms with van der Waals surface area (Å²) in [7, 11) is -1.77. The van der Waals surface area contributed by atoms with Crippen LogP contribution in [0, 0.1) is 0 Å². The molecule has 0 fully saturated rings. The molecule has 0 saturated heterocycles. The van der Waals surface area contributed by atoms with Gasteiger partial charge in [0.05, 0.1) is 12.0 Å². The summed E-state index contributed by atoms with van der Waals surface area (Å²) < 4.78 is 27.3. The van der Waals surface area contributed by atoms with Gasteiger partial charge in [-0.15, -0.1) is 0 Å². The fraction of sp³-hybridized carbons (Fsp3) is 0.500. The number of hydrogen-bond donors (Lipinski definition) is 1. The molecule has 0 amide bonds. The number of esters is 1.